The quantitative estimate of drug-likeness (QED) is 0.666. The second-order valence-electron chi connectivity index (χ2n) is 9.65. The number of fused-ring (bicyclic) bond motifs is 1. The van der Waals surface area contributed by atoms with Gasteiger partial charge in [-0.15, -0.1) is 0 Å². The van der Waals surface area contributed by atoms with Gasteiger partial charge in [-0.05, 0) is 46.8 Å². The SMILES string of the molecule is CC(C)(C)[Si](OCC12CCCN1C/C(=C\F)C2)(c1ccccc1)c1ccccc1. The van der Waals surface area contributed by atoms with E-state index in [9.17, 15) is 4.39 Å². The van der Waals surface area contributed by atoms with Gasteiger partial charge in [-0.25, -0.2) is 4.39 Å². The summed E-state index contributed by atoms with van der Waals surface area (Å²) < 4.78 is 20.5. The third-order valence-corrected chi connectivity index (χ3v) is 11.8. The van der Waals surface area contributed by atoms with Crippen molar-refractivity contribution in [3.05, 3.63) is 72.6 Å². The van der Waals surface area contributed by atoms with Gasteiger partial charge >= 0.3 is 0 Å². The zero-order chi connectivity index (χ0) is 20.5. The number of benzene rings is 2. The van der Waals surface area contributed by atoms with E-state index in [2.05, 4.69) is 86.3 Å². The first-order valence-corrected chi connectivity index (χ1v) is 12.6. The van der Waals surface area contributed by atoms with Crippen molar-refractivity contribution in [2.75, 3.05) is 19.7 Å². The zero-order valence-electron chi connectivity index (χ0n) is 17.8. The Balaban J connectivity index is 1.77. The van der Waals surface area contributed by atoms with Crippen LogP contribution in [0.3, 0.4) is 0 Å². The van der Waals surface area contributed by atoms with Crippen LogP contribution >= 0.6 is 0 Å². The van der Waals surface area contributed by atoms with Gasteiger partial charge in [0.25, 0.3) is 8.32 Å². The van der Waals surface area contributed by atoms with E-state index in [1.54, 1.807) is 0 Å². The predicted molar refractivity (Wildman–Crippen MR) is 121 cm³/mol. The Morgan fingerprint density at radius 2 is 1.62 bits per heavy atom. The maximum atomic E-state index is 13.3. The molecule has 4 heteroatoms. The van der Waals surface area contributed by atoms with Crippen molar-refractivity contribution in [2.45, 2.75) is 50.6 Å². The molecule has 2 aliphatic rings. The van der Waals surface area contributed by atoms with Crippen molar-refractivity contribution in [3.8, 4) is 0 Å². The second kappa shape index (κ2) is 7.82. The van der Waals surface area contributed by atoms with Crippen LogP contribution in [0.1, 0.15) is 40.0 Å². The molecule has 2 fully saturated rings. The van der Waals surface area contributed by atoms with Crippen LogP contribution in [-0.2, 0) is 4.43 Å². The Labute approximate surface area is 175 Å². The summed E-state index contributed by atoms with van der Waals surface area (Å²) in [5.41, 5.74) is 0.862. The molecule has 0 amide bonds. The van der Waals surface area contributed by atoms with Gasteiger partial charge in [-0.1, -0.05) is 81.4 Å². The van der Waals surface area contributed by atoms with Crippen molar-refractivity contribution in [3.63, 3.8) is 0 Å². The van der Waals surface area contributed by atoms with E-state index < -0.39 is 8.32 Å². The summed E-state index contributed by atoms with van der Waals surface area (Å²) in [6.45, 7) is 9.39. The van der Waals surface area contributed by atoms with E-state index in [-0.39, 0.29) is 10.6 Å². The Bertz CT molecular complexity index is 822. The van der Waals surface area contributed by atoms with Gasteiger partial charge in [0.15, 0.2) is 0 Å². The fraction of sp³-hybridized carbons (Fsp3) is 0.440. The first-order valence-electron chi connectivity index (χ1n) is 10.7. The van der Waals surface area contributed by atoms with Crippen LogP contribution < -0.4 is 10.4 Å². The molecule has 0 aromatic heterocycles. The molecule has 2 heterocycles. The van der Waals surface area contributed by atoms with E-state index >= 15 is 0 Å². The summed E-state index contributed by atoms with van der Waals surface area (Å²) in [5, 5.41) is 2.57. The molecular formula is C25H32FNOSi. The summed E-state index contributed by atoms with van der Waals surface area (Å²) >= 11 is 0. The molecule has 0 aliphatic carbocycles. The van der Waals surface area contributed by atoms with Gasteiger partial charge in [0.2, 0.25) is 0 Å². The predicted octanol–water partition coefficient (Wildman–Crippen LogP) is 4.65. The largest absolute Gasteiger partial charge is 0.406 e. The summed E-state index contributed by atoms with van der Waals surface area (Å²) in [7, 11) is -2.55. The molecule has 0 radical (unpaired) electrons. The highest BCUT2D eigenvalue weighted by Gasteiger charge is 2.53. The summed E-state index contributed by atoms with van der Waals surface area (Å²) in [4.78, 5) is 2.45. The molecule has 2 nitrogen and oxygen atoms in total. The second-order valence-corrected chi connectivity index (χ2v) is 14.0. The topological polar surface area (TPSA) is 12.5 Å². The van der Waals surface area contributed by atoms with Crippen molar-refractivity contribution in [2.24, 2.45) is 0 Å². The van der Waals surface area contributed by atoms with Gasteiger partial charge in [0.1, 0.15) is 0 Å². The number of hydrogen-bond acceptors (Lipinski definition) is 2. The van der Waals surface area contributed by atoms with Gasteiger partial charge in [0, 0.05) is 12.1 Å². The number of hydrogen-bond donors (Lipinski definition) is 0. The minimum absolute atomic E-state index is 0.0346. The first-order chi connectivity index (χ1) is 13.9. The van der Waals surface area contributed by atoms with Gasteiger partial charge in [-0.2, -0.15) is 0 Å². The lowest BCUT2D eigenvalue weighted by Gasteiger charge is -2.45. The maximum absolute atomic E-state index is 13.3. The average molecular weight is 410 g/mol. The molecule has 4 rings (SSSR count). The summed E-state index contributed by atoms with van der Waals surface area (Å²) in [6, 6.07) is 21.6. The van der Waals surface area contributed by atoms with Crippen LogP contribution in [0.2, 0.25) is 5.04 Å². The molecule has 0 spiro atoms. The standard InChI is InChI=1S/C25H32FNOSi/c1-24(2,3)29(22-11-6-4-7-12-22,23-13-8-5-9-14-23)28-20-25-15-10-16-27(25)19-21(17-25)18-26/h4-9,11-14,18H,10,15-17,19-20H2,1-3H3/b21-18-. The van der Waals surface area contributed by atoms with E-state index in [4.69, 9.17) is 4.43 Å². The third-order valence-electron chi connectivity index (χ3n) is 6.82. The Morgan fingerprint density at radius 3 is 2.14 bits per heavy atom. The lowest BCUT2D eigenvalue weighted by atomic mass is 9.94. The lowest BCUT2D eigenvalue weighted by Crippen LogP contribution is -2.68. The molecular weight excluding hydrogens is 377 g/mol. The van der Waals surface area contributed by atoms with Crippen molar-refractivity contribution in [1.82, 2.24) is 4.90 Å². The highest BCUT2D eigenvalue weighted by molar-refractivity contribution is 6.99. The normalized spacial score (nSPS) is 24.2. The van der Waals surface area contributed by atoms with Gasteiger partial charge < -0.3 is 4.43 Å². The highest BCUT2D eigenvalue weighted by atomic mass is 28.4. The molecule has 2 aliphatic heterocycles. The summed E-state index contributed by atoms with van der Waals surface area (Å²) in [6.07, 6.45) is 3.87. The number of rotatable bonds is 5. The molecule has 2 saturated heterocycles. The maximum Gasteiger partial charge on any atom is 0.261 e. The molecule has 1 unspecified atom stereocenters. The number of nitrogens with zero attached hydrogens (tertiary/aromatic N) is 1. The van der Waals surface area contributed by atoms with E-state index in [0.717, 1.165) is 37.8 Å². The van der Waals surface area contributed by atoms with E-state index in [1.165, 1.54) is 16.8 Å². The van der Waals surface area contributed by atoms with Crippen LogP contribution in [0, 0.1) is 0 Å². The van der Waals surface area contributed by atoms with Crippen LogP contribution in [-0.4, -0.2) is 38.5 Å². The minimum atomic E-state index is -2.55. The fourth-order valence-electron chi connectivity index (χ4n) is 5.46. The molecule has 0 bridgehead atoms. The van der Waals surface area contributed by atoms with Crippen LogP contribution in [0.4, 0.5) is 4.39 Å². The third kappa shape index (κ3) is 3.52. The first kappa shape index (κ1) is 20.5. The van der Waals surface area contributed by atoms with E-state index in [0.29, 0.717) is 6.61 Å². The molecule has 154 valence electrons. The Morgan fingerprint density at radius 1 is 1.03 bits per heavy atom. The Hall–Kier alpha value is -1.75. The Kier molecular flexibility index (Phi) is 5.53. The van der Waals surface area contributed by atoms with Crippen LogP contribution in [0.5, 0.6) is 0 Å². The zero-order valence-corrected chi connectivity index (χ0v) is 18.8. The van der Waals surface area contributed by atoms with Crippen LogP contribution in [0.15, 0.2) is 72.6 Å². The molecule has 1 atom stereocenters. The van der Waals surface area contributed by atoms with Crippen molar-refractivity contribution >= 4 is 18.7 Å². The minimum Gasteiger partial charge on any atom is -0.406 e. The van der Waals surface area contributed by atoms with Crippen LogP contribution in [0.25, 0.3) is 0 Å². The lowest BCUT2D eigenvalue weighted by molar-refractivity contribution is 0.108. The smallest absolute Gasteiger partial charge is 0.261 e. The average Bonchev–Trinajstić information content (AvgIpc) is 3.26. The highest BCUT2D eigenvalue weighted by Crippen LogP contribution is 2.44. The van der Waals surface area contributed by atoms with Gasteiger partial charge in [0.05, 0.1) is 12.9 Å². The van der Waals surface area contributed by atoms with Gasteiger partial charge in [-0.3, -0.25) is 4.90 Å². The fourth-order valence-corrected chi connectivity index (χ4v) is 10.1. The van der Waals surface area contributed by atoms with Crippen molar-refractivity contribution in [1.29, 1.82) is 0 Å². The molecule has 0 N–H and O–H groups in total. The van der Waals surface area contributed by atoms with Crippen molar-refractivity contribution < 1.29 is 8.82 Å². The molecule has 0 saturated carbocycles. The molecule has 2 aromatic carbocycles. The number of halogens is 1. The molecule has 29 heavy (non-hydrogen) atoms. The van der Waals surface area contributed by atoms with E-state index in [1.807, 2.05) is 0 Å². The monoisotopic (exact) mass is 409 g/mol. The summed E-state index contributed by atoms with van der Waals surface area (Å²) in [5.74, 6) is 0. The molecule has 2 aromatic rings.